The van der Waals surface area contributed by atoms with Crippen molar-refractivity contribution in [2.45, 2.75) is 12.8 Å². The van der Waals surface area contributed by atoms with Crippen LogP contribution in [0.1, 0.15) is 12.0 Å². The Kier molecular flexibility index (Phi) is 5.08. The zero-order valence-electron chi connectivity index (χ0n) is 12.1. The van der Waals surface area contributed by atoms with Gasteiger partial charge in [0.15, 0.2) is 0 Å². The zero-order chi connectivity index (χ0) is 15.9. The molecule has 6 heteroatoms. The van der Waals surface area contributed by atoms with Crippen molar-refractivity contribution in [3.8, 4) is 5.75 Å². The lowest BCUT2D eigenvalue weighted by Gasteiger charge is -2.06. The van der Waals surface area contributed by atoms with Crippen LogP contribution in [-0.4, -0.2) is 17.9 Å². The molecule has 2 aromatic carbocycles. The summed E-state index contributed by atoms with van der Waals surface area (Å²) in [4.78, 5) is 21.9. The first-order chi connectivity index (χ1) is 10.6. The molecule has 0 spiro atoms. The quantitative estimate of drug-likeness (QED) is 0.656. The smallest absolute Gasteiger partial charge is 0.269 e. The Morgan fingerprint density at radius 2 is 1.77 bits per heavy atom. The van der Waals surface area contributed by atoms with Gasteiger partial charge in [-0.15, -0.1) is 0 Å². The number of rotatable bonds is 6. The lowest BCUT2D eigenvalue weighted by molar-refractivity contribution is -0.384. The van der Waals surface area contributed by atoms with Crippen molar-refractivity contribution in [3.05, 3.63) is 64.2 Å². The Labute approximate surface area is 127 Å². The number of nitro groups is 1. The fraction of sp³-hybridized carbons (Fsp3) is 0.188. The van der Waals surface area contributed by atoms with Crippen molar-refractivity contribution in [1.29, 1.82) is 0 Å². The number of carbonyl (C=O) groups is 1. The number of non-ortho nitro benzene ring substituents is 1. The summed E-state index contributed by atoms with van der Waals surface area (Å²) >= 11 is 0. The highest BCUT2D eigenvalue weighted by Gasteiger charge is 2.07. The molecule has 2 rings (SSSR count). The minimum absolute atomic E-state index is 0.00349. The molecule has 0 saturated carbocycles. The van der Waals surface area contributed by atoms with Gasteiger partial charge >= 0.3 is 0 Å². The predicted octanol–water partition coefficient (Wildman–Crippen LogP) is 3.17. The molecule has 1 amide bonds. The van der Waals surface area contributed by atoms with Crippen molar-refractivity contribution < 1.29 is 14.5 Å². The fourth-order valence-electron chi connectivity index (χ4n) is 1.94. The summed E-state index contributed by atoms with van der Waals surface area (Å²) in [6, 6.07) is 13.3. The number of hydrogen-bond acceptors (Lipinski definition) is 4. The van der Waals surface area contributed by atoms with E-state index < -0.39 is 4.92 Å². The van der Waals surface area contributed by atoms with Gasteiger partial charge in [0, 0.05) is 24.2 Å². The Morgan fingerprint density at radius 3 is 2.32 bits per heavy atom. The van der Waals surface area contributed by atoms with E-state index in [9.17, 15) is 14.9 Å². The summed E-state index contributed by atoms with van der Waals surface area (Å²) in [6.07, 6.45) is 0.951. The summed E-state index contributed by atoms with van der Waals surface area (Å²) < 4.78 is 5.07. The molecule has 0 aliphatic heterocycles. The van der Waals surface area contributed by atoms with Gasteiger partial charge in [-0.1, -0.05) is 12.1 Å². The number of amides is 1. The Balaban J connectivity index is 1.85. The third kappa shape index (κ3) is 4.31. The molecule has 0 saturated heterocycles. The van der Waals surface area contributed by atoms with Gasteiger partial charge in [0.05, 0.1) is 12.0 Å². The van der Waals surface area contributed by atoms with Crippen molar-refractivity contribution in [2.24, 2.45) is 0 Å². The van der Waals surface area contributed by atoms with E-state index in [1.165, 1.54) is 24.3 Å². The van der Waals surface area contributed by atoms with Crippen molar-refractivity contribution in [2.75, 3.05) is 12.4 Å². The Hall–Kier alpha value is -2.89. The number of ether oxygens (including phenoxy) is 1. The van der Waals surface area contributed by atoms with E-state index in [2.05, 4.69) is 5.32 Å². The highest BCUT2D eigenvalue weighted by molar-refractivity contribution is 5.90. The van der Waals surface area contributed by atoms with Gasteiger partial charge in [-0.2, -0.15) is 0 Å². The fourth-order valence-corrected chi connectivity index (χ4v) is 1.94. The van der Waals surface area contributed by atoms with Gasteiger partial charge in [0.2, 0.25) is 5.91 Å². The molecular formula is C16H16N2O4. The van der Waals surface area contributed by atoms with Crippen LogP contribution in [0.2, 0.25) is 0 Å². The average Bonchev–Trinajstić information content (AvgIpc) is 2.54. The maximum absolute atomic E-state index is 11.9. The standard InChI is InChI=1S/C16H16N2O4/c1-22-15-9-2-12(3-10-15)4-11-16(19)17-13-5-7-14(8-6-13)18(20)21/h2-3,5-10H,4,11H2,1H3,(H,17,19). The third-order valence-electron chi connectivity index (χ3n) is 3.16. The second-order valence-electron chi connectivity index (χ2n) is 4.70. The minimum atomic E-state index is -0.477. The SMILES string of the molecule is COc1ccc(CCC(=O)Nc2ccc([N+](=O)[O-])cc2)cc1. The first kappa shape index (κ1) is 15.5. The van der Waals surface area contributed by atoms with E-state index in [1.54, 1.807) is 7.11 Å². The normalized spacial score (nSPS) is 10.0. The zero-order valence-corrected chi connectivity index (χ0v) is 12.1. The van der Waals surface area contributed by atoms with Gasteiger partial charge < -0.3 is 10.1 Å². The van der Waals surface area contributed by atoms with Crippen LogP contribution in [-0.2, 0) is 11.2 Å². The molecule has 1 N–H and O–H groups in total. The second kappa shape index (κ2) is 7.21. The van der Waals surface area contributed by atoms with Crippen molar-refractivity contribution in [1.82, 2.24) is 0 Å². The molecule has 0 fully saturated rings. The monoisotopic (exact) mass is 300 g/mol. The molecule has 0 heterocycles. The summed E-state index contributed by atoms with van der Waals surface area (Å²) in [6.45, 7) is 0. The van der Waals surface area contributed by atoms with E-state index in [4.69, 9.17) is 4.74 Å². The number of nitrogens with zero attached hydrogens (tertiary/aromatic N) is 1. The molecule has 22 heavy (non-hydrogen) atoms. The minimum Gasteiger partial charge on any atom is -0.497 e. The van der Waals surface area contributed by atoms with Crippen LogP contribution in [0.15, 0.2) is 48.5 Å². The molecule has 0 atom stereocenters. The molecular weight excluding hydrogens is 284 g/mol. The molecule has 0 bridgehead atoms. The van der Waals surface area contributed by atoms with E-state index in [1.807, 2.05) is 24.3 Å². The molecule has 0 aromatic heterocycles. The second-order valence-corrected chi connectivity index (χ2v) is 4.70. The average molecular weight is 300 g/mol. The number of nitro benzene ring substituents is 1. The lowest BCUT2D eigenvalue weighted by Crippen LogP contribution is -2.12. The lowest BCUT2D eigenvalue weighted by atomic mass is 10.1. The molecule has 2 aromatic rings. The number of methoxy groups -OCH3 is 1. The molecule has 0 unspecified atom stereocenters. The molecule has 114 valence electrons. The van der Waals surface area contributed by atoms with Crippen LogP contribution in [0.3, 0.4) is 0 Å². The summed E-state index contributed by atoms with van der Waals surface area (Å²) in [5.41, 5.74) is 1.58. The van der Waals surface area contributed by atoms with Crippen LogP contribution in [0.4, 0.5) is 11.4 Å². The first-order valence-corrected chi connectivity index (χ1v) is 6.76. The largest absolute Gasteiger partial charge is 0.497 e. The third-order valence-corrected chi connectivity index (χ3v) is 3.16. The molecule has 0 aliphatic carbocycles. The first-order valence-electron chi connectivity index (χ1n) is 6.76. The van der Waals surface area contributed by atoms with Crippen LogP contribution in [0, 0.1) is 10.1 Å². The number of aryl methyl sites for hydroxylation is 1. The van der Waals surface area contributed by atoms with Gasteiger partial charge in [0.25, 0.3) is 5.69 Å². The van der Waals surface area contributed by atoms with E-state index in [-0.39, 0.29) is 11.6 Å². The maximum atomic E-state index is 11.9. The molecule has 0 radical (unpaired) electrons. The van der Waals surface area contributed by atoms with Crippen LogP contribution < -0.4 is 10.1 Å². The highest BCUT2D eigenvalue weighted by atomic mass is 16.6. The molecule has 0 aliphatic rings. The number of hydrogen-bond donors (Lipinski definition) is 1. The number of benzene rings is 2. The van der Waals surface area contributed by atoms with Gasteiger partial charge in [-0.3, -0.25) is 14.9 Å². The van der Waals surface area contributed by atoms with Crippen LogP contribution in [0.5, 0.6) is 5.75 Å². The van der Waals surface area contributed by atoms with Crippen LogP contribution >= 0.6 is 0 Å². The summed E-state index contributed by atoms with van der Waals surface area (Å²) in [5.74, 6) is 0.642. The number of carbonyl (C=O) groups excluding carboxylic acids is 1. The van der Waals surface area contributed by atoms with Gasteiger partial charge in [-0.25, -0.2) is 0 Å². The van der Waals surface area contributed by atoms with E-state index in [0.29, 0.717) is 18.5 Å². The topological polar surface area (TPSA) is 81.5 Å². The summed E-state index contributed by atoms with van der Waals surface area (Å²) in [7, 11) is 1.60. The van der Waals surface area contributed by atoms with Crippen LogP contribution in [0.25, 0.3) is 0 Å². The Morgan fingerprint density at radius 1 is 1.14 bits per heavy atom. The van der Waals surface area contributed by atoms with Gasteiger partial charge in [-0.05, 0) is 36.2 Å². The van der Waals surface area contributed by atoms with E-state index >= 15 is 0 Å². The Bertz CT molecular complexity index is 651. The summed E-state index contributed by atoms with van der Waals surface area (Å²) in [5, 5.41) is 13.3. The number of nitrogens with one attached hydrogen (secondary N) is 1. The number of anilines is 1. The maximum Gasteiger partial charge on any atom is 0.269 e. The van der Waals surface area contributed by atoms with Gasteiger partial charge in [0.1, 0.15) is 5.75 Å². The van der Waals surface area contributed by atoms with Crippen molar-refractivity contribution in [3.63, 3.8) is 0 Å². The highest BCUT2D eigenvalue weighted by Crippen LogP contribution is 2.16. The van der Waals surface area contributed by atoms with E-state index in [0.717, 1.165) is 11.3 Å². The predicted molar refractivity (Wildman–Crippen MR) is 83.0 cm³/mol. The van der Waals surface area contributed by atoms with Crippen molar-refractivity contribution >= 4 is 17.3 Å². The molecule has 6 nitrogen and oxygen atoms in total.